The molecule has 198 valence electrons. The minimum atomic E-state index is -0.682. The summed E-state index contributed by atoms with van der Waals surface area (Å²) < 4.78 is 26.5. The van der Waals surface area contributed by atoms with Crippen LogP contribution in [0.25, 0.3) is 0 Å². The lowest BCUT2D eigenvalue weighted by molar-refractivity contribution is -0.189. The number of amides is 4. The molecule has 2 heterocycles. The van der Waals surface area contributed by atoms with E-state index < -0.39 is 18.2 Å². The molecule has 0 radical (unpaired) electrons. The monoisotopic (exact) mass is 513 g/mol. The van der Waals surface area contributed by atoms with Crippen molar-refractivity contribution in [3.8, 4) is 0 Å². The smallest absolute Gasteiger partial charge is 0.334 e. The Morgan fingerprint density at radius 1 is 1.00 bits per heavy atom. The van der Waals surface area contributed by atoms with Gasteiger partial charge < -0.3 is 15.1 Å². The molecule has 0 saturated carbocycles. The van der Waals surface area contributed by atoms with Gasteiger partial charge in [-0.15, -0.1) is 0 Å². The van der Waals surface area contributed by atoms with Gasteiger partial charge in [0.05, 0.1) is 13.1 Å². The molecular formula is C27H33F2N5O3. The normalized spacial score (nSPS) is 20.4. The van der Waals surface area contributed by atoms with Gasteiger partial charge in [-0.05, 0) is 54.2 Å². The van der Waals surface area contributed by atoms with E-state index in [9.17, 15) is 23.2 Å². The topological polar surface area (TPSA) is 76.2 Å². The van der Waals surface area contributed by atoms with Crippen LogP contribution >= 0.6 is 0 Å². The molecule has 2 aliphatic rings. The SMILES string of the molecule is CC(C)[C@H]1C(=O)N(CCCc2ccc(F)cc2)C[C@H]2N1C(=O)CN(C)N2C(=O)NCc1ccc(F)cc1. The van der Waals surface area contributed by atoms with Crippen molar-refractivity contribution < 1.29 is 23.2 Å². The molecular weight excluding hydrogens is 480 g/mol. The lowest BCUT2D eigenvalue weighted by atomic mass is 9.96. The van der Waals surface area contributed by atoms with Crippen molar-refractivity contribution in [1.82, 2.24) is 25.1 Å². The van der Waals surface area contributed by atoms with E-state index in [2.05, 4.69) is 5.32 Å². The molecule has 2 aromatic rings. The fourth-order valence-corrected chi connectivity index (χ4v) is 5.05. The van der Waals surface area contributed by atoms with Crippen molar-refractivity contribution in [1.29, 1.82) is 0 Å². The number of nitrogens with zero attached hydrogens (tertiary/aromatic N) is 4. The largest absolute Gasteiger partial charge is 0.337 e. The van der Waals surface area contributed by atoms with E-state index >= 15 is 0 Å². The summed E-state index contributed by atoms with van der Waals surface area (Å²) in [7, 11) is 1.67. The second-order valence-electron chi connectivity index (χ2n) is 9.93. The van der Waals surface area contributed by atoms with Crippen LogP contribution in [0, 0.1) is 17.6 Å². The van der Waals surface area contributed by atoms with Crippen molar-refractivity contribution in [3.05, 3.63) is 71.3 Å². The number of aryl methyl sites for hydroxylation is 1. The number of fused-ring (bicyclic) bond motifs is 1. The van der Waals surface area contributed by atoms with Crippen LogP contribution in [0.15, 0.2) is 48.5 Å². The van der Waals surface area contributed by atoms with Crippen LogP contribution in [-0.4, -0.2) is 76.6 Å². The fourth-order valence-electron chi connectivity index (χ4n) is 5.05. The van der Waals surface area contributed by atoms with Crippen molar-refractivity contribution in [3.63, 3.8) is 0 Å². The Morgan fingerprint density at radius 2 is 1.59 bits per heavy atom. The highest BCUT2D eigenvalue weighted by atomic mass is 19.1. The molecule has 10 heteroatoms. The summed E-state index contributed by atoms with van der Waals surface area (Å²) in [6, 6.07) is 11.1. The molecule has 2 aromatic carbocycles. The second kappa shape index (κ2) is 11.2. The van der Waals surface area contributed by atoms with Gasteiger partial charge in [0.2, 0.25) is 11.8 Å². The first-order valence-electron chi connectivity index (χ1n) is 12.5. The Labute approximate surface area is 215 Å². The Morgan fingerprint density at radius 3 is 2.19 bits per heavy atom. The van der Waals surface area contributed by atoms with Gasteiger partial charge in [0.15, 0.2) is 0 Å². The minimum absolute atomic E-state index is 0.0263. The first-order chi connectivity index (χ1) is 17.7. The molecule has 1 N–H and O–H groups in total. The third-order valence-electron chi connectivity index (χ3n) is 6.87. The third-order valence-corrected chi connectivity index (χ3v) is 6.87. The molecule has 0 spiro atoms. The highest BCUT2D eigenvalue weighted by molar-refractivity contribution is 5.91. The van der Waals surface area contributed by atoms with Gasteiger partial charge in [0.1, 0.15) is 23.8 Å². The molecule has 8 nitrogen and oxygen atoms in total. The molecule has 4 amide bonds. The first kappa shape index (κ1) is 26.5. The predicted molar refractivity (Wildman–Crippen MR) is 134 cm³/mol. The predicted octanol–water partition coefficient (Wildman–Crippen LogP) is 2.99. The van der Waals surface area contributed by atoms with Gasteiger partial charge in [-0.1, -0.05) is 38.1 Å². The number of hydrogen-bond donors (Lipinski definition) is 1. The molecule has 37 heavy (non-hydrogen) atoms. The highest BCUT2D eigenvalue weighted by Gasteiger charge is 2.51. The van der Waals surface area contributed by atoms with Crippen LogP contribution < -0.4 is 5.32 Å². The van der Waals surface area contributed by atoms with E-state index in [1.807, 2.05) is 13.8 Å². The van der Waals surface area contributed by atoms with Crippen LogP contribution in [0.5, 0.6) is 0 Å². The van der Waals surface area contributed by atoms with E-state index in [1.165, 1.54) is 29.3 Å². The Hall–Kier alpha value is -3.53. The lowest BCUT2D eigenvalue weighted by Crippen LogP contribution is -2.76. The maximum Gasteiger partial charge on any atom is 0.334 e. The van der Waals surface area contributed by atoms with Crippen LogP contribution in [0.2, 0.25) is 0 Å². The molecule has 2 aliphatic heterocycles. The standard InChI is InChI=1S/C27H33F2N5O3/c1-18(2)25-26(36)32(14-4-5-19-6-10-21(28)11-7-19)16-23-33(25)24(35)17-31(3)34(23)27(37)30-15-20-8-12-22(29)13-9-20/h6-13,18,23,25H,4-5,14-17H2,1-3H3,(H,30,37)/t23-,25-/m0/s1. The molecule has 2 atom stereocenters. The maximum atomic E-state index is 13.5. The number of urea groups is 1. The van der Waals surface area contributed by atoms with E-state index in [1.54, 1.807) is 46.1 Å². The summed E-state index contributed by atoms with van der Waals surface area (Å²) in [5.41, 5.74) is 1.71. The summed E-state index contributed by atoms with van der Waals surface area (Å²) >= 11 is 0. The highest BCUT2D eigenvalue weighted by Crippen LogP contribution is 2.29. The average Bonchev–Trinajstić information content (AvgIpc) is 2.85. The zero-order chi connectivity index (χ0) is 26.7. The molecule has 2 fully saturated rings. The summed E-state index contributed by atoms with van der Waals surface area (Å²) in [4.78, 5) is 43.2. The number of hydrazine groups is 1. The summed E-state index contributed by atoms with van der Waals surface area (Å²) in [5.74, 6) is -1.13. The van der Waals surface area contributed by atoms with Crippen molar-refractivity contribution in [2.24, 2.45) is 5.92 Å². The first-order valence-corrected chi connectivity index (χ1v) is 12.5. The van der Waals surface area contributed by atoms with Crippen LogP contribution in [0.4, 0.5) is 13.6 Å². The Bertz CT molecular complexity index is 1130. The lowest BCUT2D eigenvalue weighted by Gasteiger charge is -2.55. The van der Waals surface area contributed by atoms with Gasteiger partial charge in [0.25, 0.3) is 0 Å². The van der Waals surface area contributed by atoms with E-state index in [0.717, 1.165) is 11.1 Å². The van der Waals surface area contributed by atoms with E-state index in [0.29, 0.717) is 19.4 Å². The molecule has 0 aromatic heterocycles. The summed E-state index contributed by atoms with van der Waals surface area (Å²) in [5, 5.41) is 5.93. The van der Waals surface area contributed by atoms with Crippen molar-refractivity contribution in [2.45, 2.75) is 45.4 Å². The van der Waals surface area contributed by atoms with E-state index in [-0.39, 0.29) is 49.0 Å². The number of carbonyl (C=O) groups is 3. The molecule has 0 bridgehead atoms. The number of hydrogen-bond acceptors (Lipinski definition) is 4. The number of halogens is 2. The summed E-state index contributed by atoms with van der Waals surface area (Å²) in [6.07, 6.45) is 0.677. The number of rotatable bonds is 7. The number of nitrogens with one attached hydrogen (secondary N) is 1. The van der Waals surface area contributed by atoms with Gasteiger partial charge in [-0.2, -0.15) is 0 Å². The number of carbonyl (C=O) groups excluding carboxylic acids is 3. The fraction of sp³-hybridized carbons (Fsp3) is 0.444. The maximum absolute atomic E-state index is 13.5. The Kier molecular flexibility index (Phi) is 8.06. The van der Waals surface area contributed by atoms with Crippen molar-refractivity contribution >= 4 is 17.8 Å². The molecule has 0 unspecified atom stereocenters. The van der Waals surface area contributed by atoms with Gasteiger partial charge in [0, 0.05) is 20.1 Å². The number of likely N-dealkylation sites (N-methyl/N-ethyl adjacent to an activating group) is 1. The third kappa shape index (κ3) is 5.90. The van der Waals surface area contributed by atoms with Crippen molar-refractivity contribution in [2.75, 3.05) is 26.7 Å². The average molecular weight is 514 g/mol. The zero-order valence-electron chi connectivity index (χ0n) is 21.4. The van der Waals surface area contributed by atoms with Gasteiger partial charge >= 0.3 is 6.03 Å². The molecule has 4 rings (SSSR count). The molecule has 2 saturated heterocycles. The van der Waals surface area contributed by atoms with Gasteiger partial charge in [-0.3, -0.25) is 9.59 Å². The quantitative estimate of drug-likeness (QED) is 0.618. The van der Waals surface area contributed by atoms with Crippen LogP contribution in [0.1, 0.15) is 31.4 Å². The zero-order valence-corrected chi connectivity index (χ0v) is 21.4. The summed E-state index contributed by atoms with van der Waals surface area (Å²) in [6.45, 7) is 4.59. The van der Waals surface area contributed by atoms with E-state index in [4.69, 9.17) is 0 Å². The number of piperazine rings is 1. The second-order valence-corrected chi connectivity index (χ2v) is 9.93. The van der Waals surface area contributed by atoms with Gasteiger partial charge in [-0.25, -0.2) is 23.6 Å². The molecule has 0 aliphatic carbocycles. The Balaban J connectivity index is 1.50. The number of benzene rings is 2. The van der Waals surface area contributed by atoms with Crippen LogP contribution in [-0.2, 0) is 22.6 Å². The minimum Gasteiger partial charge on any atom is -0.337 e. The van der Waals surface area contributed by atoms with Crippen LogP contribution in [0.3, 0.4) is 0 Å².